The topological polar surface area (TPSA) is 98.2 Å². The number of Topliss-reactive ketones (excluding diaryl/α,β-unsaturated/α-hetero) is 2. The summed E-state index contributed by atoms with van der Waals surface area (Å²) < 4.78 is 0. The van der Waals surface area contributed by atoms with Crippen LogP contribution < -0.4 is 0 Å². The monoisotopic (exact) mass is 340 g/mol. The van der Waals surface area contributed by atoms with Crippen molar-refractivity contribution < 1.29 is 24.6 Å². The van der Waals surface area contributed by atoms with Crippen LogP contribution in [-0.4, -0.2) is 76.8 Å². The van der Waals surface area contributed by atoms with Gasteiger partial charge in [-0.3, -0.25) is 24.2 Å². The summed E-state index contributed by atoms with van der Waals surface area (Å²) in [5, 5.41) is 18.6. The minimum absolute atomic E-state index is 0.0173. The van der Waals surface area contributed by atoms with E-state index in [2.05, 4.69) is 6.58 Å². The van der Waals surface area contributed by atoms with Crippen LogP contribution in [0, 0.1) is 0 Å². The van der Waals surface area contributed by atoms with Crippen molar-refractivity contribution >= 4 is 17.5 Å². The van der Waals surface area contributed by atoms with Gasteiger partial charge in [-0.2, -0.15) is 0 Å². The van der Waals surface area contributed by atoms with E-state index in [1.807, 2.05) is 0 Å². The summed E-state index contributed by atoms with van der Waals surface area (Å²) in [5.74, 6) is -0.953. The van der Waals surface area contributed by atoms with Gasteiger partial charge in [0.15, 0.2) is 5.78 Å². The van der Waals surface area contributed by atoms with Gasteiger partial charge in [-0.15, -0.1) is 6.58 Å². The number of hydrogen-bond acceptors (Lipinski definition) is 6. The van der Waals surface area contributed by atoms with Gasteiger partial charge < -0.3 is 10.2 Å². The Kier molecular flexibility index (Phi) is 11.4. The standard InChI is InChI=1S/C17H28N2O5/c1-4-7-16(22)12-19(13-17(23)24)9-8-18(10-14(20)5-2)11-15(21)6-3/h4-5,20H,1,6-13H2,2-3H3,(H,23,24)/b14-5+. The van der Waals surface area contributed by atoms with Crippen molar-refractivity contribution in [3.63, 3.8) is 0 Å². The third-order valence-corrected chi connectivity index (χ3v) is 3.38. The fraction of sp³-hybridized carbons (Fsp3) is 0.588. The van der Waals surface area contributed by atoms with Gasteiger partial charge >= 0.3 is 5.97 Å². The third-order valence-electron chi connectivity index (χ3n) is 3.38. The zero-order valence-electron chi connectivity index (χ0n) is 14.5. The number of allylic oxidation sites excluding steroid dienone is 2. The largest absolute Gasteiger partial charge is 0.511 e. The van der Waals surface area contributed by atoms with Gasteiger partial charge in [0, 0.05) is 25.9 Å². The fourth-order valence-corrected chi connectivity index (χ4v) is 2.06. The van der Waals surface area contributed by atoms with Crippen molar-refractivity contribution in [1.82, 2.24) is 9.80 Å². The van der Waals surface area contributed by atoms with E-state index in [4.69, 9.17) is 5.11 Å². The van der Waals surface area contributed by atoms with E-state index in [9.17, 15) is 19.5 Å². The lowest BCUT2D eigenvalue weighted by Crippen LogP contribution is -2.42. The number of carboxylic acids is 1. The summed E-state index contributed by atoms with van der Waals surface area (Å²) in [4.78, 5) is 37.6. The highest BCUT2D eigenvalue weighted by Gasteiger charge is 2.17. The first-order chi connectivity index (χ1) is 11.3. The zero-order chi connectivity index (χ0) is 18.5. The van der Waals surface area contributed by atoms with Crippen molar-refractivity contribution in [3.05, 3.63) is 24.5 Å². The van der Waals surface area contributed by atoms with Gasteiger partial charge in [0.2, 0.25) is 0 Å². The molecule has 24 heavy (non-hydrogen) atoms. The molecule has 0 amide bonds. The van der Waals surface area contributed by atoms with Crippen molar-refractivity contribution in [3.8, 4) is 0 Å². The van der Waals surface area contributed by atoms with Gasteiger partial charge in [-0.25, -0.2) is 0 Å². The molecule has 0 rings (SSSR count). The Balaban J connectivity index is 4.79. The van der Waals surface area contributed by atoms with Crippen LogP contribution in [0.1, 0.15) is 26.7 Å². The average molecular weight is 340 g/mol. The molecular weight excluding hydrogens is 312 g/mol. The van der Waals surface area contributed by atoms with E-state index in [-0.39, 0.29) is 49.9 Å². The van der Waals surface area contributed by atoms with Crippen LogP contribution in [0.2, 0.25) is 0 Å². The minimum Gasteiger partial charge on any atom is -0.511 e. The predicted molar refractivity (Wildman–Crippen MR) is 92.0 cm³/mol. The molecule has 0 atom stereocenters. The van der Waals surface area contributed by atoms with Crippen molar-refractivity contribution in [2.24, 2.45) is 0 Å². The molecule has 0 spiro atoms. The van der Waals surface area contributed by atoms with E-state index < -0.39 is 5.97 Å². The number of aliphatic hydroxyl groups is 1. The number of carboxylic acid groups (broad SMARTS) is 1. The summed E-state index contributed by atoms with van der Waals surface area (Å²) >= 11 is 0. The van der Waals surface area contributed by atoms with Crippen LogP contribution in [-0.2, 0) is 14.4 Å². The lowest BCUT2D eigenvalue weighted by atomic mass is 10.2. The molecule has 0 aliphatic rings. The zero-order valence-corrected chi connectivity index (χ0v) is 14.5. The maximum atomic E-state index is 11.7. The summed E-state index contributed by atoms with van der Waals surface area (Å²) in [6.45, 7) is 7.78. The molecule has 7 heteroatoms. The molecule has 0 heterocycles. The van der Waals surface area contributed by atoms with Crippen LogP contribution in [0.25, 0.3) is 0 Å². The van der Waals surface area contributed by atoms with Crippen molar-refractivity contribution in [1.29, 1.82) is 0 Å². The number of nitrogens with zero attached hydrogens (tertiary/aromatic N) is 2. The fourth-order valence-electron chi connectivity index (χ4n) is 2.06. The molecule has 0 saturated heterocycles. The molecule has 0 aromatic heterocycles. The summed E-state index contributed by atoms with van der Waals surface area (Å²) in [7, 11) is 0. The van der Waals surface area contributed by atoms with E-state index in [0.717, 1.165) is 0 Å². The van der Waals surface area contributed by atoms with E-state index in [0.29, 0.717) is 19.5 Å². The van der Waals surface area contributed by atoms with Gasteiger partial charge in [0.05, 0.1) is 26.2 Å². The highest BCUT2D eigenvalue weighted by atomic mass is 16.4. The van der Waals surface area contributed by atoms with E-state index >= 15 is 0 Å². The quantitative estimate of drug-likeness (QED) is 0.363. The average Bonchev–Trinajstić information content (AvgIpc) is 2.51. The molecule has 136 valence electrons. The van der Waals surface area contributed by atoms with Crippen LogP contribution in [0.5, 0.6) is 0 Å². The molecule has 0 unspecified atom stereocenters. The first kappa shape index (κ1) is 22.0. The van der Waals surface area contributed by atoms with Gasteiger partial charge in [0.25, 0.3) is 0 Å². The molecule has 0 aliphatic carbocycles. The van der Waals surface area contributed by atoms with Crippen LogP contribution >= 0.6 is 0 Å². The Morgan fingerprint density at radius 3 is 1.96 bits per heavy atom. The van der Waals surface area contributed by atoms with Crippen LogP contribution in [0.3, 0.4) is 0 Å². The molecule has 0 saturated carbocycles. The highest BCUT2D eigenvalue weighted by Crippen LogP contribution is 2.01. The van der Waals surface area contributed by atoms with Gasteiger partial charge in [-0.1, -0.05) is 13.0 Å². The molecule has 0 aliphatic heterocycles. The highest BCUT2D eigenvalue weighted by molar-refractivity contribution is 5.82. The third kappa shape index (κ3) is 10.7. The van der Waals surface area contributed by atoms with Crippen LogP contribution in [0.4, 0.5) is 0 Å². The molecule has 0 radical (unpaired) electrons. The Hall–Kier alpha value is -1.99. The maximum Gasteiger partial charge on any atom is 0.317 e. The van der Waals surface area contributed by atoms with E-state index in [1.54, 1.807) is 24.8 Å². The molecule has 0 fully saturated rings. The molecule has 0 bridgehead atoms. The normalized spacial score (nSPS) is 11.8. The van der Waals surface area contributed by atoms with Crippen molar-refractivity contribution in [2.75, 3.05) is 39.3 Å². The number of aliphatic carboxylic acids is 1. The van der Waals surface area contributed by atoms with E-state index in [1.165, 1.54) is 11.0 Å². The number of rotatable bonds is 14. The first-order valence-electron chi connectivity index (χ1n) is 7.97. The second kappa shape index (κ2) is 12.4. The Bertz CT molecular complexity index is 474. The lowest BCUT2D eigenvalue weighted by molar-refractivity contribution is -0.138. The number of carbonyl (C=O) groups excluding carboxylic acids is 2. The molecule has 0 aromatic rings. The number of aliphatic hydroxyl groups excluding tert-OH is 1. The Labute approximate surface area is 143 Å². The molecule has 2 N–H and O–H groups in total. The molecule has 7 nitrogen and oxygen atoms in total. The second-order valence-electron chi connectivity index (χ2n) is 5.52. The SMILES string of the molecule is C=CCC(=O)CN(CCN(CC(=O)CC)C/C(O)=C\C)CC(=O)O. The summed E-state index contributed by atoms with van der Waals surface area (Å²) in [6.07, 6.45) is 3.61. The summed E-state index contributed by atoms with van der Waals surface area (Å²) in [5.41, 5.74) is 0. The Morgan fingerprint density at radius 1 is 0.958 bits per heavy atom. The Morgan fingerprint density at radius 2 is 1.50 bits per heavy atom. The van der Waals surface area contributed by atoms with Crippen molar-refractivity contribution in [2.45, 2.75) is 26.7 Å². The number of carbonyl (C=O) groups is 3. The maximum absolute atomic E-state index is 11.7. The minimum atomic E-state index is -1.02. The van der Waals surface area contributed by atoms with Gasteiger partial charge in [0.1, 0.15) is 11.5 Å². The summed E-state index contributed by atoms with van der Waals surface area (Å²) in [6, 6.07) is 0. The predicted octanol–water partition coefficient (Wildman–Crippen LogP) is 1.26. The number of ketones is 2. The van der Waals surface area contributed by atoms with Gasteiger partial charge in [-0.05, 0) is 13.0 Å². The lowest BCUT2D eigenvalue weighted by Gasteiger charge is -2.25. The second-order valence-corrected chi connectivity index (χ2v) is 5.52. The molecule has 0 aromatic carbocycles. The molecular formula is C17H28N2O5. The number of hydrogen-bond donors (Lipinski definition) is 2. The van der Waals surface area contributed by atoms with Crippen LogP contribution in [0.15, 0.2) is 24.5 Å². The first-order valence-corrected chi connectivity index (χ1v) is 7.97. The smallest absolute Gasteiger partial charge is 0.317 e.